The van der Waals surface area contributed by atoms with Crippen LogP contribution in [0.3, 0.4) is 0 Å². The van der Waals surface area contributed by atoms with Crippen molar-refractivity contribution in [3.63, 3.8) is 0 Å². The van der Waals surface area contributed by atoms with Crippen molar-refractivity contribution in [2.24, 2.45) is 0 Å². The van der Waals surface area contributed by atoms with Crippen molar-refractivity contribution in [1.29, 1.82) is 0 Å². The molecule has 0 aliphatic heterocycles. The molecule has 0 bridgehead atoms. The van der Waals surface area contributed by atoms with E-state index in [1.165, 1.54) is 5.69 Å². The average molecular weight is 264 g/mol. The lowest BCUT2D eigenvalue weighted by Crippen LogP contribution is -2.56. The second-order valence-corrected chi connectivity index (χ2v) is 5.13. The number of nitrogens with one attached hydrogen (secondary N) is 1. The number of nitrogens with zero attached hydrogens (tertiary/aromatic N) is 1. The summed E-state index contributed by atoms with van der Waals surface area (Å²) in [6, 6.07) is 8.74. The van der Waals surface area contributed by atoms with Gasteiger partial charge in [0, 0.05) is 39.2 Å². The molecule has 1 aromatic carbocycles. The van der Waals surface area contributed by atoms with Crippen LogP contribution >= 0.6 is 0 Å². The number of hydrogen-bond acceptors (Lipinski definition) is 4. The van der Waals surface area contributed by atoms with Crippen LogP contribution in [0.4, 0.5) is 11.4 Å². The molecule has 3 unspecified atom stereocenters. The van der Waals surface area contributed by atoms with Crippen molar-refractivity contribution in [1.82, 2.24) is 0 Å². The van der Waals surface area contributed by atoms with Gasteiger partial charge in [0.05, 0.1) is 12.1 Å². The Hall–Kier alpha value is -1.26. The Morgan fingerprint density at radius 3 is 2.79 bits per heavy atom. The third-order valence-corrected chi connectivity index (χ3v) is 3.62. The summed E-state index contributed by atoms with van der Waals surface area (Å²) in [6.07, 6.45) is 1.37. The third kappa shape index (κ3) is 3.19. The summed E-state index contributed by atoms with van der Waals surface area (Å²) in [5.41, 5.74) is 2.33. The molecular formula is C15H24N2O2. The molecule has 0 amide bonds. The van der Waals surface area contributed by atoms with E-state index in [-0.39, 0.29) is 12.2 Å². The summed E-state index contributed by atoms with van der Waals surface area (Å²) in [7, 11) is 5.85. The van der Waals surface area contributed by atoms with Gasteiger partial charge in [-0.1, -0.05) is 6.07 Å². The molecule has 0 heterocycles. The van der Waals surface area contributed by atoms with E-state index in [0.717, 1.165) is 18.7 Å². The molecule has 1 aromatic rings. The van der Waals surface area contributed by atoms with Crippen molar-refractivity contribution in [3.05, 3.63) is 24.3 Å². The van der Waals surface area contributed by atoms with Crippen molar-refractivity contribution in [2.75, 3.05) is 38.0 Å². The highest BCUT2D eigenvalue weighted by Crippen LogP contribution is 2.30. The summed E-state index contributed by atoms with van der Waals surface area (Å²) in [6.45, 7) is 2.77. The van der Waals surface area contributed by atoms with Crippen LogP contribution in [0, 0.1) is 0 Å². The zero-order valence-electron chi connectivity index (χ0n) is 12.2. The van der Waals surface area contributed by atoms with Crippen LogP contribution in [0.15, 0.2) is 24.3 Å². The molecule has 0 aromatic heterocycles. The van der Waals surface area contributed by atoms with Gasteiger partial charge in [-0.05, 0) is 31.5 Å². The topological polar surface area (TPSA) is 33.7 Å². The zero-order chi connectivity index (χ0) is 13.8. The Balaban J connectivity index is 1.96. The summed E-state index contributed by atoms with van der Waals surface area (Å²) >= 11 is 0. The van der Waals surface area contributed by atoms with E-state index in [9.17, 15) is 0 Å². The third-order valence-electron chi connectivity index (χ3n) is 3.62. The summed E-state index contributed by atoms with van der Waals surface area (Å²) in [5.74, 6) is 0. The minimum atomic E-state index is 0.142. The molecule has 1 aliphatic rings. The lowest BCUT2D eigenvalue weighted by molar-refractivity contribution is -0.118. The first-order chi connectivity index (χ1) is 9.15. The lowest BCUT2D eigenvalue weighted by atomic mass is 9.85. The molecule has 0 spiro atoms. The Bertz CT molecular complexity index is 409. The summed E-state index contributed by atoms with van der Waals surface area (Å²) in [5, 5.41) is 3.53. The Kier molecular flexibility index (Phi) is 4.66. The molecule has 1 saturated carbocycles. The van der Waals surface area contributed by atoms with E-state index in [2.05, 4.69) is 34.5 Å². The monoisotopic (exact) mass is 264 g/mol. The Morgan fingerprint density at radius 2 is 2.16 bits per heavy atom. The number of rotatable bonds is 6. The van der Waals surface area contributed by atoms with Gasteiger partial charge >= 0.3 is 0 Å². The normalized spacial score (nSPS) is 25.8. The van der Waals surface area contributed by atoms with Gasteiger partial charge in [-0.25, -0.2) is 0 Å². The Labute approximate surface area is 115 Å². The maximum atomic E-state index is 5.64. The van der Waals surface area contributed by atoms with Crippen molar-refractivity contribution < 1.29 is 9.47 Å². The van der Waals surface area contributed by atoms with Crippen LogP contribution in [0.1, 0.15) is 13.3 Å². The molecule has 4 nitrogen and oxygen atoms in total. The predicted octanol–water partition coefficient (Wildman–Crippen LogP) is 2.36. The fraction of sp³-hybridized carbons (Fsp3) is 0.600. The predicted molar refractivity (Wildman–Crippen MR) is 79.0 cm³/mol. The molecule has 1 aliphatic carbocycles. The van der Waals surface area contributed by atoms with Crippen molar-refractivity contribution in [3.8, 4) is 0 Å². The zero-order valence-corrected chi connectivity index (χ0v) is 12.2. The highest BCUT2D eigenvalue weighted by atomic mass is 16.5. The fourth-order valence-corrected chi connectivity index (χ4v) is 2.50. The minimum absolute atomic E-state index is 0.142. The van der Waals surface area contributed by atoms with Crippen LogP contribution in [0.25, 0.3) is 0 Å². The molecule has 1 N–H and O–H groups in total. The van der Waals surface area contributed by atoms with Gasteiger partial charge in [0.1, 0.15) is 6.10 Å². The molecule has 3 atom stereocenters. The fourth-order valence-electron chi connectivity index (χ4n) is 2.50. The van der Waals surface area contributed by atoms with Crippen LogP contribution < -0.4 is 10.2 Å². The van der Waals surface area contributed by atoms with E-state index in [1.54, 1.807) is 7.11 Å². The van der Waals surface area contributed by atoms with E-state index in [0.29, 0.717) is 6.04 Å². The highest BCUT2D eigenvalue weighted by Gasteiger charge is 2.42. The molecule has 19 heavy (non-hydrogen) atoms. The standard InChI is InChI=1S/C15H24N2O2/c1-5-19-14-10-13(15(14)18-4)16-11-7-6-8-12(9-11)17(2)3/h6-9,13-16H,5,10H2,1-4H3. The maximum absolute atomic E-state index is 5.64. The van der Waals surface area contributed by atoms with Gasteiger partial charge in [-0.2, -0.15) is 0 Å². The second-order valence-electron chi connectivity index (χ2n) is 5.13. The SMILES string of the molecule is CCOC1CC(Nc2cccc(N(C)C)c2)C1OC. The lowest BCUT2D eigenvalue weighted by Gasteiger charge is -2.43. The van der Waals surface area contributed by atoms with E-state index in [1.807, 2.05) is 21.0 Å². The Morgan fingerprint density at radius 1 is 1.37 bits per heavy atom. The quantitative estimate of drug-likeness (QED) is 0.855. The average Bonchev–Trinajstić information content (AvgIpc) is 2.38. The van der Waals surface area contributed by atoms with E-state index >= 15 is 0 Å². The van der Waals surface area contributed by atoms with Gasteiger partial charge in [0.15, 0.2) is 0 Å². The van der Waals surface area contributed by atoms with Crippen LogP contribution in [-0.4, -0.2) is 46.1 Å². The molecule has 4 heteroatoms. The van der Waals surface area contributed by atoms with Gasteiger partial charge < -0.3 is 19.7 Å². The van der Waals surface area contributed by atoms with Gasteiger partial charge in [-0.15, -0.1) is 0 Å². The van der Waals surface area contributed by atoms with Gasteiger partial charge in [0.2, 0.25) is 0 Å². The van der Waals surface area contributed by atoms with E-state index < -0.39 is 0 Å². The maximum Gasteiger partial charge on any atom is 0.103 e. The van der Waals surface area contributed by atoms with Crippen LogP contribution in [0.5, 0.6) is 0 Å². The first-order valence-electron chi connectivity index (χ1n) is 6.84. The minimum Gasteiger partial charge on any atom is -0.379 e. The van der Waals surface area contributed by atoms with E-state index in [4.69, 9.17) is 9.47 Å². The largest absolute Gasteiger partial charge is 0.379 e. The number of anilines is 2. The number of ether oxygens (including phenoxy) is 2. The van der Waals surface area contributed by atoms with Crippen molar-refractivity contribution in [2.45, 2.75) is 31.6 Å². The molecular weight excluding hydrogens is 240 g/mol. The molecule has 0 radical (unpaired) electrons. The smallest absolute Gasteiger partial charge is 0.103 e. The summed E-state index contributed by atoms with van der Waals surface area (Å²) in [4.78, 5) is 2.10. The molecule has 0 saturated heterocycles. The highest BCUT2D eigenvalue weighted by molar-refractivity contribution is 5.58. The van der Waals surface area contributed by atoms with Gasteiger partial charge in [0.25, 0.3) is 0 Å². The van der Waals surface area contributed by atoms with Gasteiger partial charge in [-0.3, -0.25) is 0 Å². The molecule has 106 valence electrons. The second kappa shape index (κ2) is 6.26. The number of benzene rings is 1. The first kappa shape index (κ1) is 14.2. The van der Waals surface area contributed by atoms with Crippen LogP contribution in [-0.2, 0) is 9.47 Å². The summed E-state index contributed by atoms with van der Waals surface area (Å²) < 4.78 is 11.2. The van der Waals surface area contributed by atoms with Crippen LogP contribution in [0.2, 0.25) is 0 Å². The number of methoxy groups -OCH3 is 1. The molecule has 2 rings (SSSR count). The van der Waals surface area contributed by atoms with Crippen molar-refractivity contribution >= 4 is 11.4 Å². The number of hydrogen-bond donors (Lipinski definition) is 1. The molecule has 1 fully saturated rings. The first-order valence-corrected chi connectivity index (χ1v) is 6.84.